The second-order valence-corrected chi connectivity index (χ2v) is 15.7. The lowest BCUT2D eigenvalue weighted by Gasteiger charge is -2.44. The lowest BCUT2D eigenvalue weighted by molar-refractivity contribution is 0.0929. The Morgan fingerprint density at radius 1 is 1.19 bits per heavy atom. The van der Waals surface area contributed by atoms with Crippen molar-refractivity contribution in [2.24, 2.45) is 0 Å². The maximum Gasteiger partial charge on any atom is 0.416 e. The fourth-order valence-electron chi connectivity index (χ4n) is 4.62. The van der Waals surface area contributed by atoms with Crippen molar-refractivity contribution in [2.75, 3.05) is 23.5 Å². The number of hydrogen-bond acceptors (Lipinski definition) is 5. The lowest BCUT2D eigenvalue weighted by atomic mass is 10.1. The van der Waals surface area contributed by atoms with E-state index in [1.54, 1.807) is 23.0 Å². The Morgan fingerprint density at radius 2 is 1.89 bits per heavy atom. The average Bonchev–Trinajstić information content (AvgIpc) is 3.17. The van der Waals surface area contributed by atoms with Crippen molar-refractivity contribution in [3.63, 3.8) is 0 Å². The van der Waals surface area contributed by atoms with Gasteiger partial charge in [-0.05, 0) is 60.8 Å². The molecule has 36 heavy (non-hydrogen) atoms. The Labute approximate surface area is 214 Å². The van der Waals surface area contributed by atoms with Gasteiger partial charge in [0.05, 0.1) is 24.4 Å². The van der Waals surface area contributed by atoms with Crippen LogP contribution in [-0.4, -0.2) is 46.3 Å². The topological polar surface area (TPSA) is 68.3 Å². The number of nitrogens with zero attached hydrogens (tertiary/aromatic N) is 2. The number of para-hydroxylation sites is 1. The molecule has 2 amide bonds. The van der Waals surface area contributed by atoms with Gasteiger partial charge >= 0.3 is 6.09 Å². The van der Waals surface area contributed by atoms with Crippen molar-refractivity contribution in [1.29, 1.82) is 0 Å². The number of carbonyl (C=O) groups is 2. The summed E-state index contributed by atoms with van der Waals surface area (Å²) in [5.74, 6) is 0.385. The molecule has 2 aromatic carbocycles. The first kappa shape index (κ1) is 26.0. The maximum atomic E-state index is 14.2. The lowest BCUT2D eigenvalue weighted by Crippen LogP contribution is -2.59. The Hall–Kier alpha value is -3.10. The summed E-state index contributed by atoms with van der Waals surface area (Å²) >= 11 is 0. The molecule has 0 N–H and O–H groups in total. The molecule has 0 fully saturated rings. The Morgan fingerprint density at radius 3 is 2.53 bits per heavy atom. The van der Waals surface area contributed by atoms with Crippen molar-refractivity contribution in [2.45, 2.75) is 64.5 Å². The van der Waals surface area contributed by atoms with E-state index in [4.69, 9.17) is 13.9 Å². The number of benzene rings is 2. The minimum absolute atomic E-state index is 0.0508. The molecule has 2 aliphatic rings. The Balaban J connectivity index is 1.98. The number of anilines is 2. The molecule has 0 radical (unpaired) electrons. The third-order valence-electron chi connectivity index (χ3n) is 7.56. The van der Waals surface area contributed by atoms with Crippen LogP contribution in [-0.2, 0) is 15.6 Å². The van der Waals surface area contributed by atoms with E-state index in [1.807, 2.05) is 37.3 Å². The third kappa shape index (κ3) is 4.33. The summed E-state index contributed by atoms with van der Waals surface area (Å²) < 4.78 is 18.1. The highest BCUT2D eigenvalue weighted by atomic mass is 28.4. The summed E-state index contributed by atoms with van der Waals surface area (Å²) in [6, 6.07) is 11.0. The number of amides is 2. The van der Waals surface area contributed by atoms with Crippen LogP contribution in [0.2, 0.25) is 18.1 Å². The summed E-state index contributed by atoms with van der Waals surface area (Å²) in [4.78, 5) is 31.2. The summed E-state index contributed by atoms with van der Waals surface area (Å²) in [5, 5.41) is -0.116. The summed E-state index contributed by atoms with van der Waals surface area (Å²) in [6.07, 6.45) is 0.780. The molecule has 192 valence electrons. The van der Waals surface area contributed by atoms with E-state index in [9.17, 15) is 9.59 Å². The van der Waals surface area contributed by atoms with E-state index >= 15 is 0 Å². The SMILES string of the molecule is C=CCOC(=O)N1c2cc(C)c(OC)cc2C(=O)N2c3ccccc3C[C@H]2C1O[Si](C)(C)C(C)(C)C. The molecular formula is C28H36N2O5Si. The molecule has 7 nitrogen and oxygen atoms in total. The monoisotopic (exact) mass is 508 g/mol. The van der Waals surface area contributed by atoms with Gasteiger partial charge in [-0.25, -0.2) is 9.69 Å². The Kier molecular flexibility index (Phi) is 6.79. The molecule has 2 aromatic rings. The molecule has 8 heteroatoms. The van der Waals surface area contributed by atoms with Crippen LogP contribution in [0.4, 0.5) is 16.2 Å². The van der Waals surface area contributed by atoms with Crippen LogP contribution in [0.1, 0.15) is 42.3 Å². The van der Waals surface area contributed by atoms with E-state index in [1.165, 1.54) is 6.08 Å². The van der Waals surface area contributed by atoms with Gasteiger partial charge < -0.3 is 18.8 Å². The van der Waals surface area contributed by atoms with Crippen LogP contribution >= 0.6 is 0 Å². The molecule has 2 aliphatic heterocycles. The van der Waals surface area contributed by atoms with E-state index in [2.05, 4.69) is 40.4 Å². The number of rotatable bonds is 5. The van der Waals surface area contributed by atoms with Gasteiger partial charge in [0.2, 0.25) is 0 Å². The first-order valence-corrected chi connectivity index (χ1v) is 15.2. The number of methoxy groups -OCH3 is 1. The van der Waals surface area contributed by atoms with Crippen LogP contribution in [0.3, 0.4) is 0 Å². The molecule has 1 unspecified atom stereocenters. The second kappa shape index (κ2) is 9.41. The largest absolute Gasteiger partial charge is 0.496 e. The Bertz CT molecular complexity index is 1200. The standard InChI is InChI=1S/C28H36N2O5Si/c1-9-14-34-27(32)30-22-15-18(2)24(33-6)17-20(22)25(31)29-21-13-11-10-12-19(21)16-23(29)26(30)35-36(7,8)28(3,4)5/h9-13,15,17,23,26H,1,14,16H2,2-8H3/t23-,26?/m0/s1. The van der Waals surface area contributed by atoms with E-state index < -0.39 is 26.7 Å². The van der Waals surface area contributed by atoms with Crippen molar-refractivity contribution >= 4 is 31.7 Å². The summed E-state index contributed by atoms with van der Waals surface area (Å²) in [7, 11) is -0.831. The molecule has 2 atom stereocenters. The zero-order valence-electron chi connectivity index (χ0n) is 22.3. The minimum atomic E-state index is -2.40. The average molecular weight is 509 g/mol. The molecule has 0 spiro atoms. The van der Waals surface area contributed by atoms with Crippen molar-refractivity contribution in [1.82, 2.24) is 0 Å². The molecular weight excluding hydrogens is 472 g/mol. The third-order valence-corrected chi connectivity index (χ3v) is 12.0. The number of carbonyl (C=O) groups excluding carboxylic acids is 2. The normalized spacial score (nSPS) is 19.2. The second-order valence-electron chi connectivity index (χ2n) is 10.9. The van der Waals surface area contributed by atoms with Crippen molar-refractivity contribution in [3.8, 4) is 5.75 Å². The van der Waals surface area contributed by atoms with Gasteiger partial charge in [-0.3, -0.25) is 4.79 Å². The number of aryl methyl sites for hydroxylation is 1. The molecule has 0 aliphatic carbocycles. The van der Waals surface area contributed by atoms with Gasteiger partial charge in [-0.15, -0.1) is 0 Å². The minimum Gasteiger partial charge on any atom is -0.496 e. The van der Waals surface area contributed by atoms with Gasteiger partial charge in [0.25, 0.3) is 5.91 Å². The number of hydrogen-bond donors (Lipinski definition) is 0. The first-order valence-electron chi connectivity index (χ1n) is 12.3. The van der Waals surface area contributed by atoms with E-state index in [0.717, 1.165) is 16.8 Å². The van der Waals surface area contributed by atoms with E-state index in [0.29, 0.717) is 23.4 Å². The predicted molar refractivity (Wildman–Crippen MR) is 145 cm³/mol. The van der Waals surface area contributed by atoms with Crippen LogP contribution < -0.4 is 14.5 Å². The van der Waals surface area contributed by atoms with Crippen LogP contribution in [0.25, 0.3) is 0 Å². The smallest absolute Gasteiger partial charge is 0.416 e. The quantitative estimate of drug-likeness (QED) is 0.362. The number of fused-ring (bicyclic) bond motifs is 4. The molecule has 2 heterocycles. The fraction of sp³-hybridized carbons (Fsp3) is 0.429. The van der Waals surface area contributed by atoms with Gasteiger partial charge in [-0.2, -0.15) is 0 Å². The molecule has 4 rings (SSSR count). The number of ether oxygens (including phenoxy) is 2. The van der Waals surface area contributed by atoms with Crippen LogP contribution in [0, 0.1) is 6.92 Å². The predicted octanol–water partition coefficient (Wildman–Crippen LogP) is 6.07. The molecule has 0 saturated heterocycles. The fourth-order valence-corrected chi connectivity index (χ4v) is 5.84. The van der Waals surface area contributed by atoms with Crippen molar-refractivity contribution < 1.29 is 23.5 Å². The van der Waals surface area contributed by atoms with Gasteiger partial charge in [0.1, 0.15) is 12.4 Å². The molecule has 0 saturated carbocycles. The zero-order chi connectivity index (χ0) is 26.4. The van der Waals surface area contributed by atoms with Crippen LogP contribution in [0.15, 0.2) is 49.1 Å². The highest BCUT2D eigenvalue weighted by molar-refractivity contribution is 6.74. The van der Waals surface area contributed by atoms with Gasteiger partial charge in [0.15, 0.2) is 14.5 Å². The van der Waals surface area contributed by atoms with Gasteiger partial charge in [0, 0.05) is 5.69 Å². The summed E-state index contributed by atoms with van der Waals surface area (Å²) in [6.45, 7) is 16.4. The maximum absolute atomic E-state index is 14.2. The zero-order valence-corrected chi connectivity index (χ0v) is 23.3. The highest BCUT2D eigenvalue weighted by Crippen LogP contribution is 2.46. The molecule has 0 bridgehead atoms. The highest BCUT2D eigenvalue weighted by Gasteiger charge is 2.51. The van der Waals surface area contributed by atoms with Crippen LogP contribution in [0.5, 0.6) is 5.75 Å². The van der Waals surface area contributed by atoms with Crippen molar-refractivity contribution in [3.05, 3.63) is 65.7 Å². The molecule has 0 aromatic heterocycles. The van der Waals surface area contributed by atoms with Gasteiger partial charge in [-0.1, -0.05) is 51.6 Å². The first-order chi connectivity index (χ1) is 16.9. The van der Waals surface area contributed by atoms with E-state index in [-0.39, 0.29) is 17.6 Å². The summed E-state index contributed by atoms with van der Waals surface area (Å²) in [5.41, 5.74) is 3.52.